The van der Waals surface area contributed by atoms with E-state index in [0.29, 0.717) is 29.3 Å². The van der Waals surface area contributed by atoms with E-state index < -0.39 is 15.8 Å². The molecule has 4 rings (SSSR count). The second-order valence-electron chi connectivity index (χ2n) is 8.40. The second kappa shape index (κ2) is 12.2. The van der Waals surface area contributed by atoms with Crippen LogP contribution in [0.25, 0.3) is 5.69 Å². The average molecular weight is 540 g/mol. The van der Waals surface area contributed by atoms with E-state index in [0.717, 1.165) is 5.69 Å². The van der Waals surface area contributed by atoms with Crippen LogP contribution in [0.1, 0.15) is 18.2 Å². The Morgan fingerprint density at radius 2 is 1.68 bits per heavy atom. The van der Waals surface area contributed by atoms with E-state index >= 15 is 0 Å². The molecule has 0 saturated carbocycles. The summed E-state index contributed by atoms with van der Waals surface area (Å²) in [6, 6.07) is 21.4. The van der Waals surface area contributed by atoms with Gasteiger partial charge in [0.15, 0.2) is 0 Å². The molecule has 0 radical (unpaired) electrons. The van der Waals surface area contributed by atoms with Gasteiger partial charge in [-0.05, 0) is 55.0 Å². The number of nitrogens with zero attached hydrogens (tertiary/aromatic N) is 3. The van der Waals surface area contributed by atoms with Crippen molar-refractivity contribution in [3.05, 3.63) is 95.9 Å². The quantitative estimate of drug-likeness (QED) is 0.246. The van der Waals surface area contributed by atoms with E-state index in [1.807, 2.05) is 37.3 Å². The first-order valence-corrected chi connectivity index (χ1v) is 13.5. The number of rotatable bonds is 12. The summed E-state index contributed by atoms with van der Waals surface area (Å²) in [5.41, 5.74) is 1.96. The van der Waals surface area contributed by atoms with Crippen molar-refractivity contribution >= 4 is 10.0 Å². The van der Waals surface area contributed by atoms with E-state index in [1.54, 1.807) is 28.9 Å². The zero-order valence-electron chi connectivity index (χ0n) is 21.5. The highest BCUT2D eigenvalue weighted by Crippen LogP contribution is 2.33. The highest BCUT2D eigenvalue weighted by molar-refractivity contribution is 7.89. The van der Waals surface area contributed by atoms with Crippen molar-refractivity contribution in [2.24, 2.45) is 0 Å². The Labute approximate surface area is 222 Å². The van der Waals surface area contributed by atoms with Crippen LogP contribution in [0, 0.1) is 5.82 Å². The largest absolute Gasteiger partial charge is 0.497 e. The molecule has 0 saturated heterocycles. The summed E-state index contributed by atoms with van der Waals surface area (Å²) >= 11 is 0. The maximum absolute atomic E-state index is 14.0. The minimum Gasteiger partial charge on any atom is -0.497 e. The van der Waals surface area contributed by atoms with Gasteiger partial charge in [-0.3, -0.25) is 0 Å². The van der Waals surface area contributed by atoms with Gasteiger partial charge in [0.05, 0.1) is 35.6 Å². The Kier molecular flexibility index (Phi) is 8.77. The van der Waals surface area contributed by atoms with Gasteiger partial charge in [0.25, 0.3) is 0 Å². The topological polar surface area (TPSA) is 82.9 Å². The van der Waals surface area contributed by atoms with E-state index in [-0.39, 0.29) is 30.3 Å². The molecule has 0 amide bonds. The fourth-order valence-electron chi connectivity index (χ4n) is 3.96. The number of methoxy groups -OCH3 is 2. The first-order valence-electron chi connectivity index (χ1n) is 12.1. The van der Waals surface area contributed by atoms with Crippen LogP contribution in [0.15, 0.2) is 83.8 Å². The Balaban J connectivity index is 1.82. The van der Waals surface area contributed by atoms with Gasteiger partial charge in [-0.15, -0.1) is 0 Å². The molecule has 0 N–H and O–H groups in total. The van der Waals surface area contributed by atoms with Crippen LogP contribution in [0.3, 0.4) is 0 Å². The van der Waals surface area contributed by atoms with E-state index in [2.05, 4.69) is 0 Å². The highest BCUT2D eigenvalue weighted by Gasteiger charge is 2.29. The van der Waals surface area contributed by atoms with Crippen LogP contribution in [0.4, 0.5) is 4.39 Å². The summed E-state index contributed by atoms with van der Waals surface area (Å²) in [5, 5.41) is 4.76. The third kappa shape index (κ3) is 6.04. The maximum atomic E-state index is 14.0. The van der Waals surface area contributed by atoms with Crippen molar-refractivity contribution < 1.29 is 27.0 Å². The van der Waals surface area contributed by atoms with Crippen LogP contribution in [-0.2, 0) is 27.7 Å². The number of sulfonamides is 1. The van der Waals surface area contributed by atoms with Crippen molar-refractivity contribution in [2.45, 2.75) is 24.8 Å². The third-order valence-electron chi connectivity index (χ3n) is 5.94. The minimum atomic E-state index is -3.93. The van der Waals surface area contributed by atoms with Crippen LogP contribution in [0.5, 0.6) is 17.4 Å². The lowest BCUT2D eigenvalue weighted by Crippen LogP contribution is -2.33. The van der Waals surface area contributed by atoms with Gasteiger partial charge in [0, 0.05) is 26.3 Å². The van der Waals surface area contributed by atoms with E-state index in [9.17, 15) is 12.8 Å². The number of hydrogen-bond acceptors (Lipinski definition) is 6. The zero-order chi connectivity index (χ0) is 27.1. The number of aryl methyl sites for hydroxylation is 1. The molecule has 38 heavy (non-hydrogen) atoms. The molecular formula is C28H30FN3O5S. The molecule has 0 fully saturated rings. The number of hydrogen-bond donors (Lipinski definition) is 0. The van der Waals surface area contributed by atoms with Gasteiger partial charge in [-0.1, -0.05) is 31.2 Å². The summed E-state index contributed by atoms with van der Waals surface area (Å²) in [5.74, 6) is 0.684. The molecular weight excluding hydrogens is 509 g/mol. The molecule has 1 heterocycles. The van der Waals surface area contributed by atoms with Crippen molar-refractivity contribution in [3.8, 4) is 23.1 Å². The van der Waals surface area contributed by atoms with Gasteiger partial charge in [0.2, 0.25) is 15.9 Å². The molecule has 0 bridgehead atoms. The van der Waals surface area contributed by atoms with Crippen molar-refractivity contribution in [3.63, 3.8) is 0 Å². The number of benzene rings is 3. The summed E-state index contributed by atoms with van der Waals surface area (Å²) in [6.45, 7) is 2.19. The second-order valence-corrected chi connectivity index (χ2v) is 10.3. The Hall–Kier alpha value is -3.73. The van der Waals surface area contributed by atoms with Gasteiger partial charge >= 0.3 is 0 Å². The first-order chi connectivity index (χ1) is 18.4. The molecule has 8 nitrogen and oxygen atoms in total. The Morgan fingerprint density at radius 3 is 2.32 bits per heavy atom. The lowest BCUT2D eigenvalue weighted by molar-refractivity contribution is 0.177. The standard InChI is InChI=1S/C28H30FN3O5S/c1-4-27-26(20-31(17-18-35-2)38(33,34)25-15-13-23(36-3)14-16-25)28(37-24-12-8-9-21(29)19-24)32(30-27)22-10-6-5-7-11-22/h5-16,19H,4,17-18,20H2,1-3H3. The van der Waals surface area contributed by atoms with Crippen molar-refractivity contribution in [1.29, 1.82) is 0 Å². The van der Waals surface area contributed by atoms with Crippen LogP contribution < -0.4 is 9.47 Å². The monoisotopic (exact) mass is 539 g/mol. The maximum Gasteiger partial charge on any atom is 0.243 e. The Morgan fingerprint density at radius 1 is 0.947 bits per heavy atom. The molecule has 0 aliphatic rings. The fourth-order valence-corrected chi connectivity index (χ4v) is 5.35. The lowest BCUT2D eigenvalue weighted by atomic mass is 10.2. The molecule has 4 aromatic rings. The summed E-state index contributed by atoms with van der Waals surface area (Å²) in [4.78, 5) is 0.121. The van der Waals surface area contributed by atoms with Crippen molar-refractivity contribution in [2.75, 3.05) is 27.4 Å². The molecule has 200 valence electrons. The van der Waals surface area contributed by atoms with Gasteiger partial charge in [-0.2, -0.15) is 9.40 Å². The van der Waals surface area contributed by atoms with Crippen molar-refractivity contribution in [1.82, 2.24) is 14.1 Å². The first kappa shape index (κ1) is 27.3. The van der Waals surface area contributed by atoms with E-state index in [4.69, 9.17) is 19.3 Å². The minimum absolute atomic E-state index is 0.0294. The predicted octanol–water partition coefficient (Wildman–Crippen LogP) is 5.21. The zero-order valence-corrected chi connectivity index (χ0v) is 22.3. The Bertz CT molecular complexity index is 1460. The number of para-hydroxylation sites is 1. The third-order valence-corrected chi connectivity index (χ3v) is 7.80. The molecule has 0 atom stereocenters. The molecule has 0 aliphatic carbocycles. The predicted molar refractivity (Wildman–Crippen MR) is 142 cm³/mol. The molecule has 0 aliphatic heterocycles. The SMILES string of the molecule is CCc1nn(-c2ccccc2)c(Oc2cccc(F)c2)c1CN(CCOC)S(=O)(=O)c1ccc(OC)cc1. The van der Waals surface area contributed by atoms with Gasteiger partial charge < -0.3 is 14.2 Å². The van der Waals surface area contributed by atoms with Gasteiger partial charge in [-0.25, -0.2) is 17.5 Å². The summed E-state index contributed by atoms with van der Waals surface area (Å²) in [7, 11) is -0.893. The smallest absolute Gasteiger partial charge is 0.243 e. The molecule has 1 aromatic heterocycles. The number of ether oxygens (including phenoxy) is 3. The highest BCUT2D eigenvalue weighted by atomic mass is 32.2. The fraction of sp³-hybridized carbons (Fsp3) is 0.250. The molecule has 10 heteroatoms. The number of halogens is 1. The normalized spacial score (nSPS) is 11.6. The summed E-state index contributed by atoms with van der Waals surface area (Å²) in [6.07, 6.45) is 0.523. The average Bonchev–Trinajstić information content (AvgIpc) is 3.28. The van der Waals surface area contributed by atoms with Gasteiger partial charge in [0.1, 0.15) is 17.3 Å². The lowest BCUT2D eigenvalue weighted by Gasteiger charge is -2.23. The summed E-state index contributed by atoms with van der Waals surface area (Å²) < 4.78 is 61.1. The number of aromatic nitrogens is 2. The molecule has 0 unspecified atom stereocenters. The molecule has 0 spiro atoms. The molecule has 3 aromatic carbocycles. The van der Waals surface area contributed by atoms with Crippen LogP contribution in [-0.4, -0.2) is 49.9 Å². The van der Waals surface area contributed by atoms with Crippen LogP contribution in [0.2, 0.25) is 0 Å². The van der Waals surface area contributed by atoms with E-state index in [1.165, 1.54) is 42.8 Å². The van der Waals surface area contributed by atoms with Crippen LogP contribution >= 0.6 is 0 Å².